The van der Waals surface area contributed by atoms with E-state index in [9.17, 15) is 9.90 Å². The lowest BCUT2D eigenvalue weighted by Gasteiger charge is -2.44. The van der Waals surface area contributed by atoms with Gasteiger partial charge in [-0.3, -0.25) is 4.79 Å². The first-order chi connectivity index (χ1) is 8.99. The molecule has 2 heterocycles. The third kappa shape index (κ3) is 3.27. The molecule has 2 aliphatic heterocycles. The van der Waals surface area contributed by atoms with Crippen LogP contribution in [0.3, 0.4) is 0 Å². The number of rotatable bonds is 3. The van der Waals surface area contributed by atoms with Crippen molar-refractivity contribution in [3.63, 3.8) is 0 Å². The van der Waals surface area contributed by atoms with Gasteiger partial charge in [0.2, 0.25) is 5.91 Å². The number of nitrogens with zero attached hydrogens (tertiary/aromatic N) is 1. The van der Waals surface area contributed by atoms with E-state index in [1.54, 1.807) is 7.11 Å². The first-order valence-electron chi connectivity index (χ1n) is 7.21. The third-order valence-electron chi connectivity index (χ3n) is 4.40. The maximum absolute atomic E-state index is 12.9. The molecule has 2 aliphatic rings. The summed E-state index contributed by atoms with van der Waals surface area (Å²) >= 11 is 0. The van der Waals surface area contributed by atoms with Gasteiger partial charge in [-0.05, 0) is 45.7 Å². The molecule has 0 aromatic rings. The van der Waals surface area contributed by atoms with Crippen LogP contribution >= 0.6 is 0 Å². The van der Waals surface area contributed by atoms with Crippen LogP contribution in [0.2, 0.25) is 0 Å². The first kappa shape index (κ1) is 14.8. The van der Waals surface area contributed by atoms with Crippen molar-refractivity contribution in [3.8, 4) is 0 Å². The molecule has 0 bridgehead atoms. The molecule has 1 amide bonds. The van der Waals surface area contributed by atoms with Gasteiger partial charge in [0.1, 0.15) is 0 Å². The van der Waals surface area contributed by atoms with Gasteiger partial charge in [0, 0.05) is 20.2 Å². The van der Waals surface area contributed by atoms with Crippen molar-refractivity contribution < 1.29 is 14.6 Å². The van der Waals surface area contributed by atoms with E-state index in [2.05, 4.69) is 5.32 Å². The smallest absolute Gasteiger partial charge is 0.231 e. The van der Waals surface area contributed by atoms with Crippen LogP contribution in [0.15, 0.2) is 0 Å². The number of hydrogen-bond acceptors (Lipinski definition) is 4. The van der Waals surface area contributed by atoms with Crippen LogP contribution in [0.25, 0.3) is 0 Å². The highest BCUT2D eigenvalue weighted by Crippen LogP contribution is 2.33. The molecule has 5 nitrogen and oxygen atoms in total. The number of carbonyl (C=O) groups excluding carboxylic acids is 1. The van der Waals surface area contributed by atoms with Crippen molar-refractivity contribution in [2.45, 2.75) is 38.2 Å². The van der Waals surface area contributed by atoms with Crippen molar-refractivity contribution >= 4 is 5.91 Å². The fourth-order valence-corrected chi connectivity index (χ4v) is 3.33. The molecule has 2 fully saturated rings. The zero-order valence-corrected chi connectivity index (χ0v) is 12.1. The van der Waals surface area contributed by atoms with Gasteiger partial charge < -0.3 is 20.1 Å². The summed E-state index contributed by atoms with van der Waals surface area (Å²) in [6, 6.07) is 0. The van der Waals surface area contributed by atoms with Gasteiger partial charge in [-0.15, -0.1) is 0 Å². The molecule has 0 saturated carbocycles. The molecule has 0 aromatic carbocycles. The second kappa shape index (κ2) is 5.77. The van der Waals surface area contributed by atoms with Crippen molar-refractivity contribution in [1.82, 2.24) is 10.2 Å². The minimum Gasteiger partial charge on any atom is -0.388 e. The molecule has 1 unspecified atom stereocenters. The largest absolute Gasteiger partial charge is 0.388 e. The highest BCUT2D eigenvalue weighted by molar-refractivity contribution is 5.83. The molecular formula is C14H26N2O3. The number of hydrogen-bond donors (Lipinski definition) is 2. The zero-order chi connectivity index (χ0) is 13.9. The van der Waals surface area contributed by atoms with E-state index in [1.165, 1.54) is 0 Å². The number of nitrogens with one attached hydrogen (secondary N) is 1. The third-order valence-corrected chi connectivity index (χ3v) is 4.40. The Labute approximate surface area is 115 Å². The molecule has 5 heteroatoms. The normalized spacial score (nSPS) is 31.2. The molecule has 19 heavy (non-hydrogen) atoms. The minimum atomic E-state index is -0.741. The van der Waals surface area contributed by atoms with Crippen LogP contribution in [-0.4, -0.2) is 61.4 Å². The number of methoxy groups -OCH3 is 1. The van der Waals surface area contributed by atoms with Crippen molar-refractivity contribution in [1.29, 1.82) is 0 Å². The fourth-order valence-electron chi connectivity index (χ4n) is 3.33. The van der Waals surface area contributed by atoms with Crippen LogP contribution in [-0.2, 0) is 9.53 Å². The molecule has 2 N–H and O–H groups in total. The van der Waals surface area contributed by atoms with Gasteiger partial charge in [0.15, 0.2) is 0 Å². The van der Waals surface area contributed by atoms with Crippen LogP contribution in [0.4, 0.5) is 0 Å². The van der Waals surface area contributed by atoms with Gasteiger partial charge >= 0.3 is 0 Å². The lowest BCUT2D eigenvalue weighted by Crippen LogP contribution is -2.56. The molecule has 0 radical (unpaired) electrons. The summed E-state index contributed by atoms with van der Waals surface area (Å²) in [6.45, 7) is 5.22. The molecule has 0 aromatic heterocycles. The Kier molecular flexibility index (Phi) is 4.48. The van der Waals surface area contributed by atoms with Crippen molar-refractivity contribution in [2.24, 2.45) is 5.41 Å². The molecule has 2 saturated heterocycles. The summed E-state index contributed by atoms with van der Waals surface area (Å²) in [4.78, 5) is 14.7. The lowest BCUT2D eigenvalue weighted by atomic mass is 9.77. The molecule has 2 rings (SSSR count). The van der Waals surface area contributed by atoms with Crippen LogP contribution in [0.1, 0.15) is 32.6 Å². The number of carbonyl (C=O) groups is 1. The summed E-state index contributed by atoms with van der Waals surface area (Å²) in [5.74, 6) is 0.163. The number of piperidine rings is 2. The SMILES string of the molecule is COCC1(C(=O)N2CCCC(C)(O)C2)CCNCC1. The van der Waals surface area contributed by atoms with Gasteiger partial charge in [0.05, 0.1) is 17.6 Å². The van der Waals surface area contributed by atoms with E-state index < -0.39 is 11.0 Å². The second-order valence-electron chi connectivity index (χ2n) is 6.29. The average Bonchev–Trinajstić information content (AvgIpc) is 2.38. The van der Waals surface area contributed by atoms with Crippen molar-refractivity contribution in [3.05, 3.63) is 0 Å². The van der Waals surface area contributed by atoms with Gasteiger partial charge in [-0.2, -0.15) is 0 Å². The van der Waals surface area contributed by atoms with Gasteiger partial charge in [-0.1, -0.05) is 0 Å². The van der Waals surface area contributed by atoms with E-state index in [0.717, 1.165) is 45.3 Å². The molecule has 1 atom stereocenters. The standard InChI is InChI=1S/C14H26N2O3/c1-13(18)4-3-9-16(10-13)12(17)14(11-19-2)5-7-15-8-6-14/h15,18H,3-11H2,1-2H3. The number of amides is 1. The highest BCUT2D eigenvalue weighted by Gasteiger charge is 2.44. The Bertz CT molecular complexity index is 319. The Morgan fingerprint density at radius 3 is 2.63 bits per heavy atom. The zero-order valence-electron chi connectivity index (χ0n) is 12.1. The number of aliphatic hydroxyl groups is 1. The maximum Gasteiger partial charge on any atom is 0.231 e. The monoisotopic (exact) mass is 270 g/mol. The van der Waals surface area contributed by atoms with E-state index in [-0.39, 0.29) is 5.91 Å². The molecule has 110 valence electrons. The predicted molar refractivity (Wildman–Crippen MR) is 72.9 cm³/mol. The van der Waals surface area contributed by atoms with E-state index in [1.807, 2.05) is 11.8 Å². The van der Waals surface area contributed by atoms with Crippen molar-refractivity contribution in [2.75, 3.05) is 39.9 Å². The molecular weight excluding hydrogens is 244 g/mol. The number of ether oxygens (including phenoxy) is 1. The Morgan fingerprint density at radius 2 is 2.05 bits per heavy atom. The summed E-state index contributed by atoms with van der Waals surface area (Å²) in [7, 11) is 1.66. The van der Waals surface area contributed by atoms with Crippen LogP contribution < -0.4 is 5.32 Å². The van der Waals surface area contributed by atoms with E-state index in [0.29, 0.717) is 13.2 Å². The molecule has 0 spiro atoms. The summed E-state index contributed by atoms with van der Waals surface area (Å²) in [6.07, 6.45) is 3.28. The van der Waals surface area contributed by atoms with E-state index in [4.69, 9.17) is 4.74 Å². The van der Waals surface area contributed by atoms with Gasteiger partial charge in [0.25, 0.3) is 0 Å². The summed E-state index contributed by atoms with van der Waals surface area (Å²) in [5.41, 5.74) is -1.14. The Balaban J connectivity index is 2.10. The Morgan fingerprint density at radius 1 is 1.37 bits per heavy atom. The lowest BCUT2D eigenvalue weighted by molar-refractivity contribution is -0.153. The fraction of sp³-hybridized carbons (Fsp3) is 0.929. The predicted octanol–water partition coefficient (Wildman–Crippen LogP) is 0.376. The summed E-state index contributed by atoms with van der Waals surface area (Å²) < 4.78 is 5.31. The minimum absolute atomic E-state index is 0.163. The van der Waals surface area contributed by atoms with E-state index >= 15 is 0 Å². The number of likely N-dealkylation sites (tertiary alicyclic amines) is 1. The average molecular weight is 270 g/mol. The highest BCUT2D eigenvalue weighted by atomic mass is 16.5. The molecule has 0 aliphatic carbocycles. The van der Waals surface area contributed by atoms with Crippen LogP contribution in [0.5, 0.6) is 0 Å². The van der Waals surface area contributed by atoms with Crippen LogP contribution in [0, 0.1) is 5.41 Å². The summed E-state index contributed by atoms with van der Waals surface area (Å²) in [5, 5.41) is 13.5. The second-order valence-corrected chi connectivity index (χ2v) is 6.29. The van der Waals surface area contributed by atoms with Gasteiger partial charge in [-0.25, -0.2) is 0 Å². The number of β-amino-alcohol motifs (C(OH)–C–C–N with tert-alkyl or cyclic N) is 1. The Hall–Kier alpha value is -0.650. The quantitative estimate of drug-likeness (QED) is 0.778. The topological polar surface area (TPSA) is 61.8 Å². The first-order valence-corrected chi connectivity index (χ1v) is 7.21. The maximum atomic E-state index is 12.9.